The van der Waals surface area contributed by atoms with Gasteiger partial charge in [-0.3, -0.25) is 4.79 Å². The number of ketones is 1. The quantitative estimate of drug-likeness (QED) is 0.677. The molecule has 0 aliphatic heterocycles. The van der Waals surface area contributed by atoms with Gasteiger partial charge in [0.1, 0.15) is 11.5 Å². The van der Waals surface area contributed by atoms with Crippen molar-refractivity contribution in [1.82, 2.24) is 0 Å². The molecule has 0 aliphatic rings. The lowest BCUT2D eigenvalue weighted by Gasteiger charge is -2.25. The Labute approximate surface area is 122 Å². The van der Waals surface area contributed by atoms with Crippen LogP contribution in [-0.2, 0) is 16.1 Å². The van der Waals surface area contributed by atoms with Crippen LogP contribution >= 0.6 is 0 Å². The Kier molecular flexibility index (Phi) is 6.21. The Hall–Kier alpha value is -1.35. The van der Waals surface area contributed by atoms with Gasteiger partial charge in [-0.25, -0.2) is 0 Å². The fourth-order valence-electron chi connectivity index (χ4n) is 2.18. The maximum atomic E-state index is 12.0. The van der Waals surface area contributed by atoms with Crippen LogP contribution in [0.25, 0.3) is 0 Å². The summed E-state index contributed by atoms with van der Waals surface area (Å²) in [6.07, 6.45) is 0.744. The molecule has 20 heavy (non-hydrogen) atoms. The summed E-state index contributed by atoms with van der Waals surface area (Å²) in [7, 11) is 1.65. The summed E-state index contributed by atoms with van der Waals surface area (Å²) in [4.78, 5) is 12.0. The van der Waals surface area contributed by atoms with Gasteiger partial charge in [-0.1, -0.05) is 39.8 Å². The Morgan fingerprint density at radius 1 is 1.30 bits per heavy atom. The van der Waals surface area contributed by atoms with Gasteiger partial charge in [-0.05, 0) is 24.1 Å². The van der Waals surface area contributed by atoms with Crippen LogP contribution in [0, 0.1) is 11.3 Å². The minimum Gasteiger partial charge on any atom is -0.497 e. The molecule has 3 nitrogen and oxygen atoms in total. The molecule has 3 heteroatoms. The van der Waals surface area contributed by atoms with Crippen molar-refractivity contribution < 1.29 is 14.3 Å². The minimum absolute atomic E-state index is 0.0726. The summed E-state index contributed by atoms with van der Waals surface area (Å²) in [5.41, 5.74) is 0.764. The zero-order valence-electron chi connectivity index (χ0n) is 13.2. The molecule has 0 spiro atoms. The molecule has 0 saturated heterocycles. The highest BCUT2D eigenvalue weighted by Gasteiger charge is 2.28. The fraction of sp³-hybridized carbons (Fsp3) is 0.588. The van der Waals surface area contributed by atoms with Crippen molar-refractivity contribution in [3.05, 3.63) is 29.8 Å². The monoisotopic (exact) mass is 278 g/mol. The van der Waals surface area contributed by atoms with Crippen molar-refractivity contribution in [2.24, 2.45) is 11.3 Å². The third-order valence-corrected chi connectivity index (χ3v) is 3.47. The standard InChI is InChI=1S/C17H26O3/c1-13(2)16(18)17(3,4)9-10-20-12-14-7-6-8-15(11-14)19-5/h6-8,11,13H,9-10,12H2,1-5H3. The normalized spacial score (nSPS) is 11.7. The number of Topliss-reactive ketones (excluding diaryl/α,β-unsaturated/α-hetero) is 1. The van der Waals surface area contributed by atoms with Gasteiger partial charge in [-0.15, -0.1) is 0 Å². The number of ether oxygens (including phenoxy) is 2. The first kappa shape index (κ1) is 16.7. The van der Waals surface area contributed by atoms with E-state index in [4.69, 9.17) is 9.47 Å². The summed E-state index contributed by atoms with van der Waals surface area (Å²) in [5.74, 6) is 1.20. The van der Waals surface area contributed by atoms with E-state index in [9.17, 15) is 4.79 Å². The lowest BCUT2D eigenvalue weighted by molar-refractivity contribution is -0.131. The molecular weight excluding hydrogens is 252 g/mol. The van der Waals surface area contributed by atoms with Gasteiger partial charge < -0.3 is 9.47 Å². The average Bonchev–Trinajstić information content (AvgIpc) is 2.43. The first-order valence-electron chi connectivity index (χ1n) is 7.12. The molecule has 1 rings (SSSR count). The molecule has 0 atom stereocenters. The van der Waals surface area contributed by atoms with E-state index < -0.39 is 0 Å². The van der Waals surface area contributed by atoms with Crippen LogP contribution in [-0.4, -0.2) is 19.5 Å². The second-order valence-electron chi connectivity index (χ2n) is 6.06. The van der Waals surface area contributed by atoms with Crippen molar-refractivity contribution in [3.8, 4) is 5.75 Å². The average molecular weight is 278 g/mol. The fourth-order valence-corrected chi connectivity index (χ4v) is 2.18. The molecule has 0 radical (unpaired) electrons. The number of benzene rings is 1. The van der Waals surface area contributed by atoms with Gasteiger partial charge in [0.25, 0.3) is 0 Å². The zero-order valence-corrected chi connectivity index (χ0v) is 13.2. The third kappa shape index (κ3) is 4.97. The maximum absolute atomic E-state index is 12.0. The zero-order chi connectivity index (χ0) is 15.2. The summed E-state index contributed by atoms with van der Waals surface area (Å²) in [5, 5.41) is 0. The van der Waals surface area contributed by atoms with E-state index in [2.05, 4.69) is 0 Å². The molecule has 0 bridgehead atoms. The van der Waals surface area contributed by atoms with Crippen molar-refractivity contribution in [2.45, 2.75) is 40.7 Å². The summed E-state index contributed by atoms with van der Waals surface area (Å²) < 4.78 is 10.9. The van der Waals surface area contributed by atoms with E-state index in [-0.39, 0.29) is 11.3 Å². The van der Waals surface area contributed by atoms with E-state index >= 15 is 0 Å². The number of carbonyl (C=O) groups excluding carboxylic acids is 1. The molecule has 0 saturated carbocycles. The Balaban J connectivity index is 2.39. The SMILES string of the molecule is COc1cccc(COCCC(C)(C)C(=O)C(C)C)c1. The van der Waals surface area contributed by atoms with Gasteiger partial charge in [0.2, 0.25) is 0 Å². The molecular formula is C17H26O3. The first-order chi connectivity index (χ1) is 9.36. The topological polar surface area (TPSA) is 35.5 Å². The Morgan fingerprint density at radius 2 is 2.00 bits per heavy atom. The highest BCUT2D eigenvalue weighted by atomic mass is 16.5. The van der Waals surface area contributed by atoms with E-state index in [1.54, 1.807) is 7.11 Å². The number of hydrogen-bond donors (Lipinski definition) is 0. The second-order valence-corrected chi connectivity index (χ2v) is 6.06. The Morgan fingerprint density at radius 3 is 2.60 bits per heavy atom. The molecule has 0 heterocycles. The van der Waals surface area contributed by atoms with E-state index in [0.717, 1.165) is 17.7 Å². The molecule has 0 amide bonds. The second kappa shape index (κ2) is 7.44. The number of carbonyl (C=O) groups is 1. The minimum atomic E-state index is -0.317. The van der Waals surface area contributed by atoms with Crippen molar-refractivity contribution in [1.29, 1.82) is 0 Å². The molecule has 0 N–H and O–H groups in total. The van der Waals surface area contributed by atoms with E-state index in [1.807, 2.05) is 52.0 Å². The highest BCUT2D eigenvalue weighted by Crippen LogP contribution is 2.25. The van der Waals surface area contributed by atoms with Crippen LogP contribution in [0.15, 0.2) is 24.3 Å². The summed E-state index contributed by atoms with van der Waals surface area (Å²) >= 11 is 0. The smallest absolute Gasteiger partial charge is 0.141 e. The molecule has 0 aliphatic carbocycles. The van der Waals surface area contributed by atoms with Crippen molar-refractivity contribution in [2.75, 3.05) is 13.7 Å². The molecule has 0 aromatic heterocycles. The number of hydrogen-bond acceptors (Lipinski definition) is 3. The van der Waals surface area contributed by atoms with Gasteiger partial charge >= 0.3 is 0 Å². The van der Waals surface area contributed by atoms with Crippen LogP contribution in [0.2, 0.25) is 0 Å². The highest BCUT2D eigenvalue weighted by molar-refractivity contribution is 5.85. The predicted molar refractivity (Wildman–Crippen MR) is 80.9 cm³/mol. The predicted octanol–water partition coefficient (Wildman–Crippen LogP) is 3.85. The van der Waals surface area contributed by atoms with Crippen molar-refractivity contribution >= 4 is 5.78 Å². The van der Waals surface area contributed by atoms with Crippen LogP contribution < -0.4 is 4.74 Å². The largest absolute Gasteiger partial charge is 0.497 e. The van der Waals surface area contributed by atoms with Crippen LogP contribution in [0.3, 0.4) is 0 Å². The molecule has 0 unspecified atom stereocenters. The first-order valence-corrected chi connectivity index (χ1v) is 7.12. The van der Waals surface area contributed by atoms with Gasteiger partial charge in [-0.2, -0.15) is 0 Å². The summed E-state index contributed by atoms with van der Waals surface area (Å²) in [6.45, 7) is 9.00. The third-order valence-electron chi connectivity index (χ3n) is 3.47. The molecule has 112 valence electrons. The molecule has 1 aromatic carbocycles. The van der Waals surface area contributed by atoms with Crippen LogP contribution in [0.5, 0.6) is 5.75 Å². The van der Waals surface area contributed by atoms with Gasteiger partial charge in [0.15, 0.2) is 0 Å². The Bertz CT molecular complexity index is 436. The number of rotatable bonds is 8. The van der Waals surface area contributed by atoms with Gasteiger partial charge in [0, 0.05) is 17.9 Å². The van der Waals surface area contributed by atoms with Crippen LogP contribution in [0.4, 0.5) is 0 Å². The van der Waals surface area contributed by atoms with Crippen LogP contribution in [0.1, 0.15) is 39.7 Å². The van der Waals surface area contributed by atoms with Gasteiger partial charge in [0.05, 0.1) is 13.7 Å². The van der Waals surface area contributed by atoms with E-state index in [1.165, 1.54) is 0 Å². The molecule has 0 fully saturated rings. The lowest BCUT2D eigenvalue weighted by Crippen LogP contribution is -2.29. The number of methoxy groups -OCH3 is 1. The molecule has 1 aromatic rings. The maximum Gasteiger partial charge on any atom is 0.141 e. The van der Waals surface area contributed by atoms with Crippen molar-refractivity contribution in [3.63, 3.8) is 0 Å². The lowest BCUT2D eigenvalue weighted by atomic mass is 9.80. The summed E-state index contributed by atoms with van der Waals surface area (Å²) in [6, 6.07) is 7.83. The van der Waals surface area contributed by atoms with E-state index in [0.29, 0.717) is 19.0 Å².